The summed E-state index contributed by atoms with van der Waals surface area (Å²) in [6.07, 6.45) is -0.0784. The van der Waals surface area contributed by atoms with Gasteiger partial charge in [0.15, 0.2) is 11.5 Å². The highest BCUT2D eigenvalue weighted by atomic mass is 16.6. The van der Waals surface area contributed by atoms with Gasteiger partial charge < -0.3 is 24.7 Å². The van der Waals surface area contributed by atoms with Crippen LogP contribution in [0.2, 0.25) is 0 Å². The molecule has 0 atom stereocenters. The largest absolute Gasteiger partial charge is 0.493 e. The molecule has 0 unspecified atom stereocenters. The number of carbonyl (C=O) groups is 2. The van der Waals surface area contributed by atoms with Gasteiger partial charge in [-0.1, -0.05) is 6.07 Å². The van der Waals surface area contributed by atoms with Crippen molar-refractivity contribution in [3.05, 3.63) is 23.8 Å². The number of hydrogen-bond acceptors (Lipinski definition) is 7. The maximum Gasteiger partial charge on any atom is 0.338 e. The van der Waals surface area contributed by atoms with Gasteiger partial charge in [-0.25, -0.2) is 9.59 Å². The van der Waals surface area contributed by atoms with Gasteiger partial charge in [0.1, 0.15) is 0 Å². The van der Waals surface area contributed by atoms with Crippen molar-refractivity contribution in [2.24, 2.45) is 5.73 Å². The van der Waals surface area contributed by atoms with Crippen molar-refractivity contribution in [1.29, 1.82) is 0 Å². The van der Waals surface area contributed by atoms with Gasteiger partial charge in [0.05, 0.1) is 27.4 Å². The van der Waals surface area contributed by atoms with Crippen LogP contribution in [0.3, 0.4) is 0 Å². The van der Waals surface area contributed by atoms with E-state index in [0.29, 0.717) is 17.1 Å². The lowest BCUT2D eigenvalue weighted by Gasteiger charge is -2.25. The van der Waals surface area contributed by atoms with Gasteiger partial charge in [-0.3, -0.25) is 0 Å². The Bertz CT molecular complexity index is 540. The molecule has 0 heterocycles. The van der Waals surface area contributed by atoms with Crippen LogP contribution in [0.5, 0.6) is 11.5 Å². The van der Waals surface area contributed by atoms with Gasteiger partial charge in [0.2, 0.25) is 5.54 Å². The Hall–Kier alpha value is -2.28. The number of carbonyl (C=O) groups excluding carboxylic acids is 2. The molecule has 0 aliphatic carbocycles. The average molecular weight is 325 g/mol. The first-order chi connectivity index (χ1) is 10.9. The first-order valence-corrected chi connectivity index (χ1v) is 7.27. The van der Waals surface area contributed by atoms with Gasteiger partial charge in [0, 0.05) is 6.42 Å². The molecule has 0 aliphatic heterocycles. The van der Waals surface area contributed by atoms with Crippen LogP contribution in [-0.4, -0.2) is 44.9 Å². The van der Waals surface area contributed by atoms with Crippen molar-refractivity contribution in [3.63, 3.8) is 0 Å². The smallest absolute Gasteiger partial charge is 0.338 e. The molecule has 7 nitrogen and oxygen atoms in total. The molecule has 0 saturated heterocycles. The minimum absolute atomic E-state index is 0.0784. The third-order valence-corrected chi connectivity index (χ3v) is 3.21. The second-order valence-corrected chi connectivity index (χ2v) is 4.78. The molecular formula is C16H23NO6. The molecule has 0 fully saturated rings. The number of esters is 2. The molecule has 0 radical (unpaired) electrons. The molecule has 128 valence electrons. The second-order valence-electron chi connectivity index (χ2n) is 4.78. The van der Waals surface area contributed by atoms with Gasteiger partial charge >= 0.3 is 11.9 Å². The van der Waals surface area contributed by atoms with E-state index in [2.05, 4.69) is 0 Å². The highest BCUT2D eigenvalue weighted by Gasteiger charge is 2.45. The van der Waals surface area contributed by atoms with Crippen molar-refractivity contribution >= 4 is 11.9 Å². The van der Waals surface area contributed by atoms with Crippen molar-refractivity contribution in [2.45, 2.75) is 25.8 Å². The van der Waals surface area contributed by atoms with Crippen molar-refractivity contribution in [3.8, 4) is 11.5 Å². The summed E-state index contributed by atoms with van der Waals surface area (Å²) in [5, 5.41) is 0. The quantitative estimate of drug-likeness (QED) is 0.564. The molecule has 0 aliphatic rings. The monoisotopic (exact) mass is 325 g/mol. The van der Waals surface area contributed by atoms with E-state index in [9.17, 15) is 9.59 Å². The van der Waals surface area contributed by atoms with E-state index in [1.807, 2.05) is 0 Å². The van der Waals surface area contributed by atoms with E-state index < -0.39 is 17.5 Å². The highest BCUT2D eigenvalue weighted by molar-refractivity contribution is 6.05. The van der Waals surface area contributed by atoms with E-state index >= 15 is 0 Å². The van der Waals surface area contributed by atoms with Crippen LogP contribution >= 0.6 is 0 Å². The lowest BCUT2D eigenvalue weighted by Crippen LogP contribution is -2.58. The number of rotatable bonds is 8. The summed E-state index contributed by atoms with van der Waals surface area (Å²) in [6.45, 7) is 3.51. The summed E-state index contributed by atoms with van der Waals surface area (Å²) in [5.74, 6) is -0.646. The van der Waals surface area contributed by atoms with Crippen LogP contribution in [0.1, 0.15) is 19.4 Å². The second kappa shape index (κ2) is 8.38. The van der Waals surface area contributed by atoms with E-state index in [4.69, 9.17) is 24.7 Å². The highest BCUT2D eigenvalue weighted by Crippen LogP contribution is 2.29. The summed E-state index contributed by atoms with van der Waals surface area (Å²) in [4.78, 5) is 24.3. The molecule has 1 aromatic carbocycles. The zero-order valence-electron chi connectivity index (χ0n) is 13.9. The molecule has 0 bridgehead atoms. The van der Waals surface area contributed by atoms with Crippen LogP contribution in [-0.2, 0) is 25.5 Å². The fraction of sp³-hybridized carbons (Fsp3) is 0.500. The molecule has 23 heavy (non-hydrogen) atoms. The Morgan fingerprint density at radius 1 is 1.00 bits per heavy atom. The van der Waals surface area contributed by atoms with Gasteiger partial charge in [-0.2, -0.15) is 0 Å². The third-order valence-electron chi connectivity index (χ3n) is 3.21. The summed E-state index contributed by atoms with van der Waals surface area (Å²) in [6, 6.07) is 5.02. The Morgan fingerprint density at radius 3 is 1.96 bits per heavy atom. The van der Waals surface area contributed by atoms with Gasteiger partial charge in [-0.15, -0.1) is 0 Å². The fourth-order valence-electron chi connectivity index (χ4n) is 2.06. The maximum atomic E-state index is 12.2. The van der Waals surface area contributed by atoms with Crippen LogP contribution in [0.4, 0.5) is 0 Å². The SMILES string of the molecule is CCOC(=O)C(N)(Cc1ccc(OC)c(OC)c1)C(=O)OCC. The van der Waals surface area contributed by atoms with Gasteiger partial charge in [-0.05, 0) is 31.5 Å². The molecule has 7 heteroatoms. The standard InChI is InChI=1S/C16H23NO6/c1-5-22-14(18)16(17,15(19)23-6-2)10-11-7-8-12(20-3)13(9-11)21-4/h7-9H,5-6,10,17H2,1-4H3. The molecule has 0 saturated carbocycles. The van der Waals surface area contributed by atoms with Crippen molar-refractivity contribution in [1.82, 2.24) is 0 Å². The molecular weight excluding hydrogens is 302 g/mol. The van der Waals surface area contributed by atoms with Crippen LogP contribution < -0.4 is 15.2 Å². The Kier molecular flexibility index (Phi) is 6.84. The summed E-state index contributed by atoms with van der Waals surface area (Å²) in [5.41, 5.74) is 4.74. The molecule has 1 rings (SSSR count). The predicted molar refractivity (Wildman–Crippen MR) is 83.4 cm³/mol. The van der Waals surface area contributed by atoms with Crippen molar-refractivity contribution in [2.75, 3.05) is 27.4 Å². The molecule has 0 spiro atoms. The number of nitrogens with two attached hydrogens (primary N) is 1. The zero-order valence-corrected chi connectivity index (χ0v) is 13.9. The minimum atomic E-state index is -1.91. The zero-order chi connectivity index (χ0) is 17.5. The van der Waals surface area contributed by atoms with Gasteiger partial charge in [0.25, 0.3) is 0 Å². The lowest BCUT2D eigenvalue weighted by molar-refractivity contribution is -0.163. The third kappa shape index (κ3) is 4.35. The molecule has 0 aromatic heterocycles. The summed E-state index contributed by atoms with van der Waals surface area (Å²) >= 11 is 0. The number of methoxy groups -OCH3 is 2. The van der Waals surface area contributed by atoms with E-state index in [1.165, 1.54) is 14.2 Å². The maximum absolute atomic E-state index is 12.2. The van der Waals surface area contributed by atoms with Crippen LogP contribution in [0.15, 0.2) is 18.2 Å². The van der Waals surface area contributed by atoms with E-state index in [1.54, 1.807) is 32.0 Å². The number of ether oxygens (including phenoxy) is 4. The Morgan fingerprint density at radius 2 is 1.52 bits per heavy atom. The topological polar surface area (TPSA) is 97.1 Å². The predicted octanol–water partition coefficient (Wildman–Crippen LogP) is 1.07. The molecule has 1 aromatic rings. The fourth-order valence-corrected chi connectivity index (χ4v) is 2.06. The number of hydrogen-bond donors (Lipinski definition) is 1. The Labute approximate surface area is 135 Å². The summed E-state index contributed by atoms with van der Waals surface area (Å²) in [7, 11) is 3.01. The van der Waals surface area contributed by atoms with Crippen molar-refractivity contribution < 1.29 is 28.5 Å². The first kappa shape index (κ1) is 18.8. The van der Waals surface area contributed by atoms with E-state index in [0.717, 1.165) is 0 Å². The number of benzene rings is 1. The van der Waals surface area contributed by atoms with E-state index in [-0.39, 0.29) is 19.6 Å². The van der Waals surface area contributed by atoms with Crippen LogP contribution in [0, 0.1) is 0 Å². The normalized spacial score (nSPS) is 10.8. The van der Waals surface area contributed by atoms with Crippen LogP contribution in [0.25, 0.3) is 0 Å². The molecule has 2 N–H and O–H groups in total. The molecule has 0 amide bonds. The Balaban J connectivity index is 3.14. The minimum Gasteiger partial charge on any atom is -0.493 e. The average Bonchev–Trinajstić information content (AvgIpc) is 2.54. The first-order valence-electron chi connectivity index (χ1n) is 7.27. The lowest BCUT2D eigenvalue weighted by atomic mass is 9.91. The summed E-state index contributed by atoms with van der Waals surface area (Å²) < 4.78 is 20.2.